The molecule has 0 bridgehead atoms. The second-order valence-electron chi connectivity index (χ2n) is 6.86. The Labute approximate surface area is 165 Å². The molecule has 2 N–H and O–H groups in total. The van der Waals surface area contributed by atoms with E-state index in [9.17, 15) is 5.11 Å². The molecule has 0 saturated heterocycles. The van der Waals surface area contributed by atoms with Gasteiger partial charge in [0, 0.05) is 66.6 Å². The minimum absolute atomic E-state index is 0.384. The third-order valence-electron chi connectivity index (χ3n) is 4.20. The molecule has 0 atom stereocenters. The van der Waals surface area contributed by atoms with Crippen LogP contribution in [0, 0.1) is 0 Å². The van der Waals surface area contributed by atoms with Gasteiger partial charge in [-0.15, -0.1) is 0 Å². The summed E-state index contributed by atoms with van der Waals surface area (Å²) in [4.78, 5) is 8.71. The Bertz CT molecular complexity index is 679. The highest BCUT2D eigenvalue weighted by molar-refractivity contribution is 9.10. The Morgan fingerprint density at radius 3 is 2.58 bits per heavy atom. The van der Waals surface area contributed by atoms with Gasteiger partial charge in [0.15, 0.2) is 0 Å². The smallest absolute Gasteiger partial charge is 0.124 e. The van der Waals surface area contributed by atoms with E-state index in [-0.39, 0.29) is 0 Å². The normalized spacial score (nSPS) is 11.5. The highest BCUT2D eigenvalue weighted by Gasteiger charge is 2.11. The lowest BCUT2D eigenvalue weighted by molar-refractivity contribution is 0.273. The van der Waals surface area contributed by atoms with Crippen LogP contribution in [0.1, 0.15) is 16.8 Å². The summed E-state index contributed by atoms with van der Waals surface area (Å²) < 4.78 is 0.993. The monoisotopic (exact) mass is 420 g/mol. The number of rotatable bonds is 10. The Morgan fingerprint density at radius 1 is 1.12 bits per heavy atom. The Kier molecular flexibility index (Phi) is 8.51. The van der Waals surface area contributed by atoms with Crippen LogP contribution >= 0.6 is 15.9 Å². The van der Waals surface area contributed by atoms with E-state index in [1.165, 1.54) is 0 Å². The molecule has 5 nitrogen and oxygen atoms in total. The Balaban J connectivity index is 1.91. The largest absolute Gasteiger partial charge is 0.507 e. The molecule has 2 aromatic rings. The van der Waals surface area contributed by atoms with Gasteiger partial charge >= 0.3 is 0 Å². The van der Waals surface area contributed by atoms with Crippen LogP contribution < -0.4 is 5.32 Å². The second kappa shape index (κ2) is 10.6. The molecule has 0 radical (unpaired) electrons. The van der Waals surface area contributed by atoms with Gasteiger partial charge in [-0.25, -0.2) is 0 Å². The molecular weight excluding hydrogens is 392 g/mol. The summed E-state index contributed by atoms with van der Waals surface area (Å²) in [5, 5.41) is 14.0. The number of likely N-dealkylation sites (N-methyl/N-ethyl adjacent to an activating group) is 2. The van der Waals surface area contributed by atoms with Crippen LogP contribution in [0.15, 0.2) is 41.0 Å². The van der Waals surface area contributed by atoms with Crippen LogP contribution in [0.4, 0.5) is 0 Å². The number of aromatic hydroxyl groups is 1. The number of phenolic OH excluding ortho intramolecular Hbond substituents is 1. The van der Waals surface area contributed by atoms with E-state index in [0.29, 0.717) is 12.3 Å². The van der Waals surface area contributed by atoms with Gasteiger partial charge in [-0.1, -0.05) is 22.0 Å². The number of benzene rings is 1. The van der Waals surface area contributed by atoms with Crippen LogP contribution in [0.2, 0.25) is 0 Å². The standard InChI is InChI=1S/C20H29BrN4O/c1-24(2)10-11-25(3)15-17-13-18(21)12-16(20(17)26)14-22-9-7-19-6-4-5-8-23-19/h4-6,8,12-13,22,26H,7,9-11,14-15H2,1-3H3. The average Bonchev–Trinajstić information content (AvgIpc) is 2.61. The zero-order valence-electron chi connectivity index (χ0n) is 15.9. The third kappa shape index (κ3) is 7.03. The summed E-state index contributed by atoms with van der Waals surface area (Å²) in [5.74, 6) is 0.384. The van der Waals surface area contributed by atoms with Gasteiger partial charge in [-0.2, -0.15) is 0 Å². The van der Waals surface area contributed by atoms with Crippen molar-refractivity contribution in [3.63, 3.8) is 0 Å². The van der Waals surface area contributed by atoms with E-state index in [4.69, 9.17) is 0 Å². The van der Waals surface area contributed by atoms with E-state index in [0.717, 1.165) is 53.9 Å². The number of nitrogens with one attached hydrogen (secondary N) is 1. The van der Waals surface area contributed by atoms with E-state index in [1.807, 2.05) is 36.5 Å². The molecule has 0 aliphatic carbocycles. The number of halogens is 1. The van der Waals surface area contributed by atoms with Gasteiger partial charge in [0.1, 0.15) is 5.75 Å². The maximum absolute atomic E-state index is 10.6. The van der Waals surface area contributed by atoms with Crippen molar-refractivity contribution in [2.24, 2.45) is 0 Å². The molecule has 0 saturated carbocycles. The first-order valence-electron chi connectivity index (χ1n) is 8.90. The van der Waals surface area contributed by atoms with Gasteiger partial charge in [0.2, 0.25) is 0 Å². The molecule has 0 aliphatic heterocycles. The zero-order chi connectivity index (χ0) is 18.9. The van der Waals surface area contributed by atoms with Gasteiger partial charge in [-0.05, 0) is 45.4 Å². The predicted molar refractivity (Wildman–Crippen MR) is 110 cm³/mol. The van der Waals surface area contributed by atoms with Crippen LogP contribution in [-0.4, -0.2) is 60.7 Å². The van der Waals surface area contributed by atoms with E-state index in [2.05, 4.69) is 57.2 Å². The SMILES string of the molecule is CN(C)CCN(C)Cc1cc(Br)cc(CNCCc2ccccn2)c1O. The van der Waals surface area contributed by atoms with Crippen molar-refractivity contribution in [2.45, 2.75) is 19.5 Å². The fourth-order valence-corrected chi connectivity index (χ4v) is 3.25. The van der Waals surface area contributed by atoms with Crippen molar-refractivity contribution in [1.82, 2.24) is 20.1 Å². The van der Waals surface area contributed by atoms with Crippen LogP contribution in [0.3, 0.4) is 0 Å². The van der Waals surface area contributed by atoms with Crippen molar-refractivity contribution in [3.8, 4) is 5.75 Å². The molecule has 2 rings (SSSR count). The zero-order valence-corrected chi connectivity index (χ0v) is 17.5. The van der Waals surface area contributed by atoms with Crippen molar-refractivity contribution in [3.05, 3.63) is 57.8 Å². The lowest BCUT2D eigenvalue weighted by atomic mass is 10.1. The fraction of sp³-hybridized carbons (Fsp3) is 0.450. The lowest BCUT2D eigenvalue weighted by Crippen LogP contribution is -2.28. The number of hydrogen-bond donors (Lipinski definition) is 2. The van der Waals surface area contributed by atoms with E-state index < -0.39 is 0 Å². The molecular formula is C20H29BrN4O. The third-order valence-corrected chi connectivity index (χ3v) is 4.66. The first-order valence-corrected chi connectivity index (χ1v) is 9.69. The van der Waals surface area contributed by atoms with Crippen LogP contribution in [0.25, 0.3) is 0 Å². The molecule has 26 heavy (non-hydrogen) atoms. The van der Waals surface area contributed by atoms with Crippen molar-refractivity contribution < 1.29 is 5.11 Å². The molecule has 0 spiro atoms. The van der Waals surface area contributed by atoms with E-state index >= 15 is 0 Å². The van der Waals surface area contributed by atoms with Gasteiger partial charge in [-0.3, -0.25) is 4.98 Å². The maximum Gasteiger partial charge on any atom is 0.124 e. The van der Waals surface area contributed by atoms with Crippen molar-refractivity contribution in [2.75, 3.05) is 40.8 Å². The van der Waals surface area contributed by atoms with Crippen molar-refractivity contribution in [1.29, 1.82) is 0 Å². The molecule has 1 aromatic carbocycles. The molecule has 0 amide bonds. The number of hydrogen-bond acceptors (Lipinski definition) is 5. The van der Waals surface area contributed by atoms with E-state index in [1.54, 1.807) is 0 Å². The maximum atomic E-state index is 10.6. The highest BCUT2D eigenvalue weighted by Crippen LogP contribution is 2.28. The average molecular weight is 421 g/mol. The molecule has 6 heteroatoms. The Morgan fingerprint density at radius 2 is 1.88 bits per heavy atom. The molecule has 1 aromatic heterocycles. The topological polar surface area (TPSA) is 51.6 Å². The summed E-state index contributed by atoms with van der Waals surface area (Å²) in [6, 6.07) is 9.93. The first kappa shape index (κ1) is 20.8. The number of aromatic nitrogens is 1. The number of phenols is 1. The lowest BCUT2D eigenvalue weighted by Gasteiger charge is -2.21. The summed E-state index contributed by atoms with van der Waals surface area (Å²) in [6.07, 6.45) is 2.68. The van der Waals surface area contributed by atoms with Gasteiger partial charge in [0.25, 0.3) is 0 Å². The molecule has 0 aliphatic rings. The highest BCUT2D eigenvalue weighted by atomic mass is 79.9. The fourth-order valence-electron chi connectivity index (χ4n) is 2.70. The molecule has 0 unspecified atom stereocenters. The van der Waals surface area contributed by atoms with Gasteiger partial charge in [0.05, 0.1) is 0 Å². The minimum Gasteiger partial charge on any atom is -0.507 e. The van der Waals surface area contributed by atoms with Crippen LogP contribution in [0.5, 0.6) is 5.75 Å². The number of pyridine rings is 1. The summed E-state index contributed by atoms with van der Waals surface area (Å²) >= 11 is 3.57. The second-order valence-corrected chi connectivity index (χ2v) is 7.78. The number of nitrogens with zero attached hydrogens (tertiary/aromatic N) is 3. The summed E-state index contributed by atoms with van der Waals surface area (Å²) in [6.45, 7) is 4.12. The van der Waals surface area contributed by atoms with Crippen LogP contribution in [-0.2, 0) is 19.5 Å². The Hall–Kier alpha value is -1.47. The quantitative estimate of drug-likeness (QED) is 0.578. The van der Waals surface area contributed by atoms with Gasteiger partial charge < -0.3 is 20.2 Å². The molecule has 0 fully saturated rings. The minimum atomic E-state index is 0.384. The molecule has 1 heterocycles. The predicted octanol–water partition coefficient (Wildman–Crippen LogP) is 2.88. The first-order chi connectivity index (χ1) is 12.5. The summed E-state index contributed by atoms with van der Waals surface area (Å²) in [5.41, 5.74) is 2.93. The summed E-state index contributed by atoms with van der Waals surface area (Å²) in [7, 11) is 6.22. The molecule has 142 valence electrons. The van der Waals surface area contributed by atoms with Crippen molar-refractivity contribution >= 4 is 15.9 Å².